The number of aromatic nitrogens is 2. The zero-order valence-corrected chi connectivity index (χ0v) is 9.99. The van der Waals surface area contributed by atoms with Crippen LogP contribution in [0.4, 0.5) is 0 Å². The summed E-state index contributed by atoms with van der Waals surface area (Å²) < 4.78 is 0. The molecule has 84 valence electrons. The predicted molar refractivity (Wildman–Crippen MR) is 71.0 cm³/mol. The van der Waals surface area contributed by atoms with Crippen LogP contribution in [0.3, 0.4) is 0 Å². The topological polar surface area (TPSA) is 28.7 Å². The summed E-state index contributed by atoms with van der Waals surface area (Å²) in [4.78, 5) is 7.62. The lowest BCUT2D eigenvalue weighted by molar-refractivity contribution is 1.31. The Balaban J connectivity index is 2.24. The second-order valence-corrected chi connectivity index (χ2v) is 4.47. The van der Waals surface area contributed by atoms with Crippen LogP contribution in [0, 0.1) is 13.8 Å². The first-order valence-corrected chi connectivity index (χ1v) is 5.74. The second kappa shape index (κ2) is 3.74. The lowest BCUT2D eigenvalue weighted by Gasteiger charge is -1.98. The van der Waals surface area contributed by atoms with Crippen LogP contribution in [-0.2, 0) is 0 Å². The van der Waals surface area contributed by atoms with Gasteiger partial charge in [0.25, 0.3) is 0 Å². The third-order valence-corrected chi connectivity index (χ3v) is 3.04. The molecule has 0 aliphatic carbocycles. The molecule has 0 saturated heterocycles. The van der Waals surface area contributed by atoms with Gasteiger partial charge in [-0.3, -0.25) is 4.98 Å². The first-order chi connectivity index (χ1) is 8.24. The Bertz CT molecular complexity index is 666. The van der Waals surface area contributed by atoms with Crippen molar-refractivity contribution in [2.75, 3.05) is 0 Å². The van der Waals surface area contributed by atoms with E-state index >= 15 is 0 Å². The molecule has 0 radical (unpaired) electrons. The standard InChI is InChI=1S/C15H14N2/c1-10-6-11(2)15-13(7-10)8-14(17-15)12-4-3-5-16-9-12/h3-9,17H,1-2H3. The van der Waals surface area contributed by atoms with Crippen LogP contribution in [0.25, 0.3) is 22.2 Å². The Morgan fingerprint density at radius 1 is 1.12 bits per heavy atom. The van der Waals surface area contributed by atoms with Gasteiger partial charge in [-0.2, -0.15) is 0 Å². The molecule has 0 spiro atoms. The Morgan fingerprint density at radius 3 is 2.76 bits per heavy atom. The number of hydrogen-bond acceptors (Lipinski definition) is 1. The molecular formula is C15H14N2. The number of nitrogens with zero attached hydrogens (tertiary/aromatic N) is 1. The molecule has 0 fully saturated rings. The van der Waals surface area contributed by atoms with E-state index in [9.17, 15) is 0 Å². The van der Waals surface area contributed by atoms with Crippen molar-refractivity contribution in [1.29, 1.82) is 0 Å². The van der Waals surface area contributed by atoms with Gasteiger partial charge in [-0.05, 0) is 43.7 Å². The monoisotopic (exact) mass is 222 g/mol. The van der Waals surface area contributed by atoms with Gasteiger partial charge in [0.05, 0.1) is 0 Å². The van der Waals surface area contributed by atoms with Crippen LogP contribution in [-0.4, -0.2) is 9.97 Å². The molecule has 2 aromatic heterocycles. The number of nitrogens with one attached hydrogen (secondary N) is 1. The lowest BCUT2D eigenvalue weighted by Crippen LogP contribution is -1.80. The molecule has 0 amide bonds. The number of rotatable bonds is 1. The second-order valence-electron chi connectivity index (χ2n) is 4.47. The van der Waals surface area contributed by atoms with E-state index in [1.54, 1.807) is 6.20 Å². The fourth-order valence-corrected chi connectivity index (χ4v) is 2.29. The van der Waals surface area contributed by atoms with E-state index in [0.29, 0.717) is 0 Å². The smallest absolute Gasteiger partial charge is 0.0488 e. The van der Waals surface area contributed by atoms with Crippen LogP contribution < -0.4 is 0 Å². The normalized spacial score (nSPS) is 10.9. The maximum atomic E-state index is 4.15. The summed E-state index contributed by atoms with van der Waals surface area (Å²) in [5.74, 6) is 0. The third-order valence-electron chi connectivity index (χ3n) is 3.04. The van der Waals surface area contributed by atoms with Gasteiger partial charge in [0.2, 0.25) is 0 Å². The van der Waals surface area contributed by atoms with Gasteiger partial charge in [-0.1, -0.05) is 11.6 Å². The highest BCUT2D eigenvalue weighted by Gasteiger charge is 2.05. The molecule has 0 unspecified atom stereocenters. The first-order valence-electron chi connectivity index (χ1n) is 5.74. The van der Waals surface area contributed by atoms with Gasteiger partial charge in [-0.15, -0.1) is 0 Å². The summed E-state index contributed by atoms with van der Waals surface area (Å²) in [5, 5.41) is 1.27. The van der Waals surface area contributed by atoms with Crippen molar-refractivity contribution >= 4 is 10.9 Å². The van der Waals surface area contributed by atoms with Crippen LogP contribution in [0.2, 0.25) is 0 Å². The summed E-state index contributed by atoms with van der Waals surface area (Å²) in [6.07, 6.45) is 3.68. The van der Waals surface area contributed by atoms with Gasteiger partial charge in [0.15, 0.2) is 0 Å². The Kier molecular flexibility index (Phi) is 2.22. The van der Waals surface area contributed by atoms with E-state index in [1.807, 2.05) is 12.3 Å². The Morgan fingerprint density at radius 2 is 2.00 bits per heavy atom. The Hall–Kier alpha value is -2.09. The molecule has 1 N–H and O–H groups in total. The maximum absolute atomic E-state index is 4.15. The van der Waals surface area contributed by atoms with Crippen molar-refractivity contribution in [3.8, 4) is 11.3 Å². The molecule has 3 aromatic rings. The lowest BCUT2D eigenvalue weighted by atomic mass is 10.1. The predicted octanol–water partition coefficient (Wildman–Crippen LogP) is 3.85. The van der Waals surface area contributed by atoms with Gasteiger partial charge in [-0.25, -0.2) is 0 Å². The minimum absolute atomic E-state index is 1.13. The molecule has 0 saturated carbocycles. The van der Waals surface area contributed by atoms with E-state index in [0.717, 1.165) is 11.3 Å². The highest BCUT2D eigenvalue weighted by Crippen LogP contribution is 2.26. The number of hydrogen-bond donors (Lipinski definition) is 1. The highest BCUT2D eigenvalue weighted by atomic mass is 14.7. The van der Waals surface area contributed by atoms with Gasteiger partial charge in [0.1, 0.15) is 0 Å². The summed E-state index contributed by atoms with van der Waals surface area (Å²) >= 11 is 0. The fourth-order valence-electron chi connectivity index (χ4n) is 2.29. The van der Waals surface area contributed by atoms with E-state index in [1.165, 1.54) is 22.0 Å². The largest absolute Gasteiger partial charge is 0.354 e. The third kappa shape index (κ3) is 1.72. The summed E-state index contributed by atoms with van der Waals surface area (Å²) in [7, 11) is 0. The molecule has 2 heteroatoms. The molecule has 3 rings (SSSR count). The highest BCUT2D eigenvalue weighted by molar-refractivity contribution is 5.88. The minimum Gasteiger partial charge on any atom is -0.354 e. The van der Waals surface area contributed by atoms with E-state index < -0.39 is 0 Å². The molecule has 1 aromatic carbocycles. The van der Waals surface area contributed by atoms with Crippen molar-refractivity contribution < 1.29 is 0 Å². The molecule has 0 aliphatic heterocycles. The summed E-state index contributed by atoms with van der Waals surface area (Å²) in [6.45, 7) is 4.27. The number of fused-ring (bicyclic) bond motifs is 1. The van der Waals surface area contributed by atoms with E-state index in [2.05, 4.69) is 48.1 Å². The molecule has 17 heavy (non-hydrogen) atoms. The number of aryl methyl sites for hydroxylation is 2. The van der Waals surface area contributed by atoms with Crippen LogP contribution in [0.5, 0.6) is 0 Å². The number of benzene rings is 1. The van der Waals surface area contributed by atoms with Crippen molar-refractivity contribution in [3.05, 3.63) is 53.9 Å². The molecule has 0 bridgehead atoms. The van der Waals surface area contributed by atoms with Gasteiger partial charge >= 0.3 is 0 Å². The summed E-state index contributed by atoms with van der Waals surface area (Å²) in [6, 6.07) is 10.6. The quantitative estimate of drug-likeness (QED) is 0.665. The summed E-state index contributed by atoms with van der Waals surface area (Å²) in [5.41, 5.74) is 6.05. The molecule has 2 heterocycles. The Labute approximate surface area is 100 Å². The number of aromatic amines is 1. The zero-order valence-electron chi connectivity index (χ0n) is 9.99. The fraction of sp³-hybridized carbons (Fsp3) is 0.133. The first kappa shape index (κ1) is 10.1. The molecule has 0 aliphatic rings. The van der Waals surface area contributed by atoms with Crippen LogP contribution in [0.1, 0.15) is 11.1 Å². The molecule has 2 nitrogen and oxygen atoms in total. The van der Waals surface area contributed by atoms with Gasteiger partial charge < -0.3 is 4.98 Å². The van der Waals surface area contributed by atoms with Crippen LogP contribution in [0.15, 0.2) is 42.7 Å². The van der Waals surface area contributed by atoms with Crippen molar-refractivity contribution in [2.45, 2.75) is 13.8 Å². The molecule has 0 atom stereocenters. The zero-order chi connectivity index (χ0) is 11.8. The van der Waals surface area contributed by atoms with E-state index in [-0.39, 0.29) is 0 Å². The van der Waals surface area contributed by atoms with Crippen LogP contribution >= 0.6 is 0 Å². The van der Waals surface area contributed by atoms with Gasteiger partial charge in [0, 0.05) is 34.6 Å². The maximum Gasteiger partial charge on any atom is 0.0488 e. The molecular weight excluding hydrogens is 208 g/mol. The SMILES string of the molecule is Cc1cc(C)c2[nH]c(-c3cccnc3)cc2c1. The minimum atomic E-state index is 1.13. The van der Waals surface area contributed by atoms with Crippen molar-refractivity contribution in [3.63, 3.8) is 0 Å². The number of H-pyrrole nitrogens is 1. The average molecular weight is 222 g/mol. The average Bonchev–Trinajstić information content (AvgIpc) is 2.74. The van der Waals surface area contributed by atoms with Crippen molar-refractivity contribution in [1.82, 2.24) is 9.97 Å². The van der Waals surface area contributed by atoms with Crippen molar-refractivity contribution in [2.24, 2.45) is 0 Å². The number of pyridine rings is 1. The van der Waals surface area contributed by atoms with E-state index in [4.69, 9.17) is 0 Å².